The van der Waals surface area contributed by atoms with E-state index in [0.29, 0.717) is 0 Å². The molecule has 0 saturated carbocycles. The van der Waals surface area contributed by atoms with Gasteiger partial charge in [0.05, 0.1) is 5.69 Å². The smallest absolute Gasteiger partial charge is 0.131 e. The molecule has 0 saturated heterocycles. The predicted molar refractivity (Wildman–Crippen MR) is 73.4 cm³/mol. The number of aliphatic hydroxyl groups is 1. The first-order chi connectivity index (χ1) is 8.72. The van der Waals surface area contributed by atoms with E-state index in [-0.39, 0.29) is 0 Å². The Morgan fingerprint density at radius 1 is 1.44 bits per heavy atom. The van der Waals surface area contributed by atoms with E-state index in [4.69, 9.17) is 0 Å². The Morgan fingerprint density at radius 3 is 3.11 bits per heavy atom. The molecule has 3 nitrogen and oxygen atoms in total. The van der Waals surface area contributed by atoms with Crippen LogP contribution in [-0.2, 0) is 12.8 Å². The van der Waals surface area contributed by atoms with Crippen molar-refractivity contribution in [1.29, 1.82) is 0 Å². The van der Waals surface area contributed by atoms with E-state index in [0.717, 1.165) is 41.7 Å². The molecule has 1 atom stereocenters. The zero-order valence-corrected chi connectivity index (χ0v) is 11.6. The van der Waals surface area contributed by atoms with Gasteiger partial charge in [-0.3, -0.25) is 0 Å². The second kappa shape index (κ2) is 4.86. The lowest BCUT2D eigenvalue weighted by Crippen LogP contribution is -2.16. The van der Waals surface area contributed by atoms with Gasteiger partial charge in [-0.2, -0.15) is 0 Å². The highest BCUT2D eigenvalue weighted by Gasteiger charge is 2.19. The molecule has 0 bridgehead atoms. The van der Waals surface area contributed by atoms with Gasteiger partial charge in [0.15, 0.2) is 0 Å². The van der Waals surface area contributed by atoms with Gasteiger partial charge in [-0.15, -0.1) is 0 Å². The molecule has 1 aliphatic rings. The van der Waals surface area contributed by atoms with Crippen LogP contribution in [0.1, 0.15) is 36.2 Å². The summed E-state index contributed by atoms with van der Waals surface area (Å²) in [7, 11) is 0. The van der Waals surface area contributed by atoms with Gasteiger partial charge in [-0.25, -0.2) is 4.98 Å². The number of hydrogen-bond donors (Lipinski definition) is 1. The normalized spacial score (nSPS) is 18.7. The van der Waals surface area contributed by atoms with Gasteiger partial charge >= 0.3 is 0 Å². The van der Waals surface area contributed by atoms with E-state index in [1.54, 1.807) is 0 Å². The second-order valence-electron chi connectivity index (χ2n) is 4.74. The average molecular weight is 307 g/mol. The Kier molecular flexibility index (Phi) is 3.22. The van der Waals surface area contributed by atoms with Crippen molar-refractivity contribution >= 4 is 15.9 Å². The molecule has 0 spiro atoms. The maximum Gasteiger partial charge on any atom is 0.131 e. The molecule has 2 aromatic rings. The molecule has 1 unspecified atom stereocenters. The fourth-order valence-corrected chi connectivity index (χ4v) is 2.90. The van der Waals surface area contributed by atoms with Gasteiger partial charge in [0.1, 0.15) is 12.1 Å². The van der Waals surface area contributed by atoms with Crippen molar-refractivity contribution in [1.82, 2.24) is 9.55 Å². The molecular formula is C14H15BrN2O. The van der Waals surface area contributed by atoms with E-state index in [2.05, 4.69) is 33.0 Å². The Hall–Kier alpha value is -1.13. The third-order valence-corrected chi connectivity index (χ3v) is 3.81. The van der Waals surface area contributed by atoms with Crippen LogP contribution in [0.2, 0.25) is 0 Å². The zero-order chi connectivity index (χ0) is 12.5. The van der Waals surface area contributed by atoms with Gasteiger partial charge < -0.3 is 9.67 Å². The molecule has 1 N–H and O–H groups in total. The summed E-state index contributed by atoms with van der Waals surface area (Å²) in [6.45, 7) is 0. The van der Waals surface area contributed by atoms with Crippen LogP contribution in [0.5, 0.6) is 0 Å². The minimum Gasteiger partial charge on any atom is -0.373 e. The van der Waals surface area contributed by atoms with E-state index in [1.807, 2.05) is 22.9 Å². The number of aryl methyl sites for hydroxylation is 1. The first kappa shape index (κ1) is 11.9. The lowest BCUT2D eigenvalue weighted by molar-refractivity contribution is 0.0780. The summed E-state index contributed by atoms with van der Waals surface area (Å²) in [5, 5.41) is 9.90. The summed E-state index contributed by atoms with van der Waals surface area (Å²) in [6.07, 6.45) is 5.23. The Labute approximate surface area is 115 Å². The number of aliphatic hydroxyl groups excluding tert-OH is 1. The molecule has 18 heavy (non-hydrogen) atoms. The van der Waals surface area contributed by atoms with Crippen molar-refractivity contribution in [3.8, 4) is 0 Å². The Morgan fingerprint density at radius 2 is 2.33 bits per heavy atom. The number of rotatable bonds is 2. The number of aromatic nitrogens is 2. The first-order valence-electron chi connectivity index (χ1n) is 6.21. The van der Waals surface area contributed by atoms with Crippen LogP contribution in [-0.4, -0.2) is 14.7 Å². The van der Waals surface area contributed by atoms with E-state index >= 15 is 0 Å². The lowest BCUT2D eigenvalue weighted by Gasteiger charge is -2.19. The van der Waals surface area contributed by atoms with Crippen molar-refractivity contribution in [2.24, 2.45) is 0 Å². The molecule has 0 fully saturated rings. The highest BCUT2D eigenvalue weighted by Crippen LogP contribution is 2.23. The number of benzene rings is 1. The van der Waals surface area contributed by atoms with Crippen molar-refractivity contribution in [2.75, 3.05) is 0 Å². The summed E-state index contributed by atoms with van der Waals surface area (Å²) in [6, 6.07) is 8.25. The van der Waals surface area contributed by atoms with Gasteiger partial charge in [-0.1, -0.05) is 28.1 Å². The fourth-order valence-electron chi connectivity index (χ4n) is 2.45. The third-order valence-electron chi connectivity index (χ3n) is 3.32. The average Bonchev–Trinajstić information content (AvgIpc) is 2.73. The highest BCUT2D eigenvalue weighted by atomic mass is 79.9. The molecule has 0 amide bonds. The summed E-state index contributed by atoms with van der Waals surface area (Å²) >= 11 is 3.48. The molecule has 0 radical (unpaired) electrons. The van der Waals surface area contributed by atoms with E-state index in [1.165, 1.54) is 5.56 Å². The predicted octanol–water partition coefficient (Wildman–Crippen LogP) is 3.06. The van der Waals surface area contributed by atoms with Crippen LogP contribution < -0.4 is 0 Å². The monoisotopic (exact) mass is 306 g/mol. The standard InChI is InChI=1S/C14H15BrN2O/c15-11-4-1-3-10(7-11)8-12-9-17-13(16-12)5-2-6-14(17)18/h1,3-4,7,9,14,18H,2,5-6,8H2. The number of fused-ring (bicyclic) bond motifs is 1. The zero-order valence-electron chi connectivity index (χ0n) is 10.0. The molecule has 0 aliphatic carbocycles. The van der Waals surface area contributed by atoms with Crippen molar-refractivity contribution in [3.63, 3.8) is 0 Å². The summed E-state index contributed by atoms with van der Waals surface area (Å²) < 4.78 is 3.00. The van der Waals surface area contributed by atoms with Gasteiger partial charge in [0.2, 0.25) is 0 Å². The lowest BCUT2D eigenvalue weighted by atomic mass is 10.1. The molecule has 1 aliphatic heterocycles. The second-order valence-corrected chi connectivity index (χ2v) is 5.65. The maximum atomic E-state index is 9.90. The number of hydrogen-bond acceptors (Lipinski definition) is 2. The van der Waals surface area contributed by atoms with Gasteiger partial charge in [0.25, 0.3) is 0 Å². The molecule has 94 valence electrons. The van der Waals surface area contributed by atoms with Crippen molar-refractivity contribution < 1.29 is 5.11 Å². The van der Waals surface area contributed by atoms with E-state index in [9.17, 15) is 5.11 Å². The quantitative estimate of drug-likeness (QED) is 0.926. The Balaban J connectivity index is 1.85. The maximum absolute atomic E-state index is 9.90. The van der Waals surface area contributed by atoms with E-state index < -0.39 is 6.23 Å². The number of nitrogens with zero attached hydrogens (tertiary/aromatic N) is 2. The summed E-state index contributed by atoms with van der Waals surface area (Å²) in [4.78, 5) is 4.61. The van der Waals surface area contributed by atoms with Gasteiger partial charge in [-0.05, 0) is 30.5 Å². The molecule has 1 aromatic heterocycles. The van der Waals surface area contributed by atoms with Crippen LogP contribution in [0.3, 0.4) is 0 Å². The van der Waals surface area contributed by atoms with Crippen LogP contribution in [0.4, 0.5) is 0 Å². The van der Waals surface area contributed by atoms with Crippen LogP contribution in [0.15, 0.2) is 34.9 Å². The number of imidazole rings is 1. The van der Waals surface area contributed by atoms with Crippen LogP contribution in [0.25, 0.3) is 0 Å². The molecular weight excluding hydrogens is 292 g/mol. The minimum atomic E-state index is -0.391. The van der Waals surface area contributed by atoms with Crippen LogP contribution in [0, 0.1) is 0 Å². The summed E-state index contributed by atoms with van der Waals surface area (Å²) in [5.74, 6) is 1.01. The van der Waals surface area contributed by atoms with Crippen molar-refractivity contribution in [2.45, 2.75) is 31.9 Å². The first-order valence-corrected chi connectivity index (χ1v) is 7.01. The highest BCUT2D eigenvalue weighted by molar-refractivity contribution is 9.10. The molecule has 2 heterocycles. The largest absolute Gasteiger partial charge is 0.373 e. The topological polar surface area (TPSA) is 38.1 Å². The number of halogens is 1. The summed E-state index contributed by atoms with van der Waals surface area (Å²) in [5.41, 5.74) is 2.26. The van der Waals surface area contributed by atoms with Crippen LogP contribution >= 0.6 is 15.9 Å². The fraction of sp³-hybridized carbons (Fsp3) is 0.357. The molecule has 1 aromatic carbocycles. The molecule has 3 rings (SSSR count). The minimum absolute atomic E-state index is 0.391. The molecule has 4 heteroatoms. The SMILES string of the molecule is OC1CCCc2nc(Cc3cccc(Br)c3)cn21. The third kappa shape index (κ3) is 2.35. The van der Waals surface area contributed by atoms with Gasteiger partial charge in [0, 0.05) is 23.5 Å². The van der Waals surface area contributed by atoms with Crippen molar-refractivity contribution in [3.05, 3.63) is 52.0 Å². The Bertz CT molecular complexity index is 565.